The number of hydrogen-bond donors (Lipinski definition) is 1. The molecule has 3 aliphatic rings. The molecular weight excluding hydrogens is 316 g/mol. The zero-order valence-corrected chi connectivity index (χ0v) is 14.0. The number of amides is 1. The third kappa shape index (κ3) is 2.40. The number of nitrogens with zero attached hydrogens (tertiary/aromatic N) is 3. The number of hydrogen-bond acceptors (Lipinski definition) is 5. The second-order valence-corrected chi connectivity index (χ2v) is 6.22. The molecule has 126 valence electrons. The number of hydrazone groups is 1. The van der Waals surface area contributed by atoms with Gasteiger partial charge in [0.15, 0.2) is 5.84 Å². The van der Waals surface area contributed by atoms with Crippen LogP contribution in [0.5, 0.6) is 5.75 Å². The molecule has 6 heteroatoms. The average molecular weight is 334 g/mol. The molecule has 1 N–H and O–H groups in total. The highest BCUT2D eigenvalue weighted by Gasteiger charge is 2.38. The van der Waals surface area contributed by atoms with E-state index in [-0.39, 0.29) is 12.5 Å². The Bertz CT molecular complexity index is 872. The molecule has 2 heterocycles. The number of benzene rings is 1. The lowest BCUT2D eigenvalue weighted by atomic mass is 9.81. The minimum Gasteiger partial charge on any atom is -0.497 e. The highest BCUT2D eigenvalue weighted by atomic mass is 16.5. The number of rotatable bonds is 2. The first-order chi connectivity index (χ1) is 12.2. The Morgan fingerprint density at radius 1 is 1.24 bits per heavy atom. The number of ether oxygens (including phenoxy) is 1. The van der Waals surface area contributed by atoms with E-state index in [0.717, 1.165) is 53.8 Å². The van der Waals surface area contributed by atoms with Gasteiger partial charge in [-0.1, -0.05) is 12.1 Å². The van der Waals surface area contributed by atoms with Crippen molar-refractivity contribution >= 4 is 17.3 Å². The van der Waals surface area contributed by atoms with Crippen LogP contribution < -0.4 is 10.2 Å². The Hall–Kier alpha value is -3.07. The Balaban J connectivity index is 1.95. The average Bonchev–Trinajstić information content (AvgIpc) is 2.67. The van der Waals surface area contributed by atoms with Crippen LogP contribution in [0.3, 0.4) is 0 Å². The number of nitriles is 1. The molecule has 25 heavy (non-hydrogen) atoms. The summed E-state index contributed by atoms with van der Waals surface area (Å²) < 4.78 is 5.24. The van der Waals surface area contributed by atoms with Crippen LogP contribution in [0.1, 0.15) is 31.2 Å². The SMILES string of the molecule is COc1ccc(C2=C(C#N)C3=NNCC(=O)N3C3=C2CCCC3)cc1. The first-order valence-electron chi connectivity index (χ1n) is 8.39. The van der Waals surface area contributed by atoms with Crippen LogP contribution >= 0.6 is 0 Å². The molecule has 0 bridgehead atoms. The minimum absolute atomic E-state index is 0.0547. The van der Waals surface area contributed by atoms with Crippen LogP contribution in [0.2, 0.25) is 0 Å². The number of amidine groups is 1. The van der Waals surface area contributed by atoms with Crippen LogP contribution in [-0.2, 0) is 4.79 Å². The van der Waals surface area contributed by atoms with Gasteiger partial charge in [-0.15, -0.1) is 0 Å². The smallest absolute Gasteiger partial charge is 0.253 e. The van der Waals surface area contributed by atoms with E-state index < -0.39 is 0 Å². The van der Waals surface area contributed by atoms with Gasteiger partial charge in [0, 0.05) is 11.3 Å². The molecule has 1 aliphatic carbocycles. The molecule has 2 aliphatic heterocycles. The third-order valence-electron chi connectivity index (χ3n) is 4.85. The molecule has 1 amide bonds. The van der Waals surface area contributed by atoms with Gasteiger partial charge in [0.05, 0.1) is 7.11 Å². The van der Waals surface area contributed by atoms with Crippen molar-refractivity contribution in [1.82, 2.24) is 10.3 Å². The molecule has 1 aromatic carbocycles. The summed E-state index contributed by atoms with van der Waals surface area (Å²) in [4.78, 5) is 14.1. The molecule has 0 aromatic heterocycles. The van der Waals surface area contributed by atoms with Crippen LogP contribution in [0, 0.1) is 11.3 Å². The Kier molecular flexibility index (Phi) is 3.77. The van der Waals surface area contributed by atoms with E-state index in [0.29, 0.717) is 11.4 Å². The molecule has 6 nitrogen and oxygen atoms in total. The number of methoxy groups -OCH3 is 1. The van der Waals surface area contributed by atoms with Gasteiger partial charge < -0.3 is 4.74 Å². The molecule has 0 unspecified atom stereocenters. The highest BCUT2D eigenvalue weighted by Crippen LogP contribution is 2.43. The fourth-order valence-corrected chi connectivity index (χ4v) is 3.73. The lowest BCUT2D eigenvalue weighted by molar-refractivity contribution is -0.125. The highest BCUT2D eigenvalue weighted by molar-refractivity contribution is 6.20. The van der Waals surface area contributed by atoms with Gasteiger partial charge in [-0.25, -0.2) is 0 Å². The maximum atomic E-state index is 12.5. The van der Waals surface area contributed by atoms with E-state index in [1.165, 1.54) is 0 Å². The monoisotopic (exact) mass is 334 g/mol. The van der Waals surface area contributed by atoms with Gasteiger partial charge in [-0.05, 0) is 49.0 Å². The van der Waals surface area contributed by atoms with Gasteiger partial charge in [0.2, 0.25) is 0 Å². The van der Waals surface area contributed by atoms with E-state index in [2.05, 4.69) is 16.6 Å². The van der Waals surface area contributed by atoms with Crippen LogP contribution in [0.25, 0.3) is 5.57 Å². The normalized spacial score (nSPS) is 19.6. The number of carbonyl (C=O) groups excluding carboxylic acids is 1. The summed E-state index contributed by atoms with van der Waals surface area (Å²) in [7, 11) is 1.63. The lowest BCUT2D eigenvalue weighted by Gasteiger charge is -2.38. The van der Waals surface area contributed by atoms with E-state index in [9.17, 15) is 10.1 Å². The quantitative estimate of drug-likeness (QED) is 0.901. The van der Waals surface area contributed by atoms with Gasteiger partial charge in [-0.3, -0.25) is 15.1 Å². The number of allylic oxidation sites excluding steroid dienone is 3. The topological polar surface area (TPSA) is 77.7 Å². The van der Waals surface area contributed by atoms with Crippen molar-refractivity contribution in [2.75, 3.05) is 13.7 Å². The molecule has 0 saturated carbocycles. The van der Waals surface area contributed by atoms with Crippen molar-refractivity contribution < 1.29 is 9.53 Å². The predicted molar refractivity (Wildman–Crippen MR) is 93.3 cm³/mol. The Morgan fingerprint density at radius 2 is 2.00 bits per heavy atom. The van der Waals surface area contributed by atoms with Crippen LogP contribution in [-0.4, -0.2) is 30.3 Å². The van der Waals surface area contributed by atoms with E-state index in [1.54, 1.807) is 12.0 Å². The largest absolute Gasteiger partial charge is 0.497 e. The predicted octanol–water partition coefficient (Wildman–Crippen LogP) is 2.56. The lowest BCUT2D eigenvalue weighted by Crippen LogP contribution is -2.49. The summed E-state index contributed by atoms with van der Waals surface area (Å²) in [6, 6.07) is 9.97. The first kappa shape index (κ1) is 15.5. The van der Waals surface area contributed by atoms with Crippen molar-refractivity contribution in [2.45, 2.75) is 25.7 Å². The van der Waals surface area contributed by atoms with Gasteiger partial charge in [0.1, 0.15) is 23.9 Å². The number of fused-ring (bicyclic) bond motifs is 2. The minimum atomic E-state index is -0.0547. The third-order valence-corrected chi connectivity index (χ3v) is 4.85. The zero-order chi connectivity index (χ0) is 17.4. The summed E-state index contributed by atoms with van der Waals surface area (Å²) in [5.41, 5.74) is 7.15. The fourth-order valence-electron chi connectivity index (χ4n) is 3.73. The van der Waals surface area contributed by atoms with Crippen molar-refractivity contribution in [3.8, 4) is 11.8 Å². The molecule has 0 atom stereocenters. The summed E-state index contributed by atoms with van der Waals surface area (Å²) in [5, 5.41) is 14.1. The second-order valence-electron chi connectivity index (χ2n) is 6.22. The summed E-state index contributed by atoms with van der Waals surface area (Å²) in [5.74, 6) is 1.14. The maximum absolute atomic E-state index is 12.5. The fraction of sp³-hybridized carbons (Fsp3) is 0.316. The van der Waals surface area contributed by atoms with Crippen molar-refractivity contribution in [3.63, 3.8) is 0 Å². The van der Waals surface area contributed by atoms with Gasteiger partial charge in [0.25, 0.3) is 5.91 Å². The molecule has 1 aromatic rings. The molecule has 0 spiro atoms. The van der Waals surface area contributed by atoms with Crippen LogP contribution in [0.4, 0.5) is 0 Å². The summed E-state index contributed by atoms with van der Waals surface area (Å²) >= 11 is 0. The van der Waals surface area contributed by atoms with Crippen molar-refractivity contribution in [1.29, 1.82) is 5.26 Å². The molecular formula is C19H18N4O2. The zero-order valence-electron chi connectivity index (χ0n) is 14.0. The first-order valence-corrected chi connectivity index (χ1v) is 8.39. The van der Waals surface area contributed by atoms with E-state index >= 15 is 0 Å². The van der Waals surface area contributed by atoms with Gasteiger partial charge >= 0.3 is 0 Å². The van der Waals surface area contributed by atoms with E-state index in [1.807, 2.05) is 24.3 Å². The van der Waals surface area contributed by atoms with Crippen LogP contribution in [0.15, 0.2) is 46.2 Å². The molecule has 4 rings (SSSR count). The molecule has 0 radical (unpaired) electrons. The Morgan fingerprint density at radius 3 is 2.72 bits per heavy atom. The number of nitrogens with one attached hydrogen (secondary N) is 1. The van der Waals surface area contributed by atoms with Crippen molar-refractivity contribution in [2.24, 2.45) is 5.10 Å². The Labute approximate surface area is 146 Å². The van der Waals surface area contributed by atoms with Crippen molar-refractivity contribution in [3.05, 3.63) is 46.7 Å². The standard InChI is InChI=1S/C19H18N4O2/c1-25-13-8-6-12(7-9-13)18-14-4-2-3-5-16(14)23-17(24)11-21-22-19(23)15(18)10-20/h6-9,21H,2-5,11H2,1H3. The molecule has 0 fully saturated rings. The summed E-state index contributed by atoms with van der Waals surface area (Å²) in [6.45, 7) is 0.164. The number of carbonyl (C=O) groups is 1. The summed E-state index contributed by atoms with van der Waals surface area (Å²) in [6.07, 6.45) is 3.80. The molecule has 0 saturated heterocycles. The van der Waals surface area contributed by atoms with Gasteiger partial charge in [-0.2, -0.15) is 10.4 Å². The maximum Gasteiger partial charge on any atom is 0.253 e. The second kappa shape index (κ2) is 6.10. The van der Waals surface area contributed by atoms with E-state index in [4.69, 9.17) is 4.74 Å².